The Bertz CT molecular complexity index is 379. The number of rotatable bonds is 7. The average molecular weight is 249 g/mol. The van der Waals surface area contributed by atoms with Gasteiger partial charge in [0.2, 0.25) is 0 Å². The highest BCUT2D eigenvalue weighted by Crippen LogP contribution is 2.17. The molecular formula is C14H19NO3. The summed E-state index contributed by atoms with van der Waals surface area (Å²) in [6.45, 7) is 0. The van der Waals surface area contributed by atoms with Crippen molar-refractivity contribution in [1.29, 1.82) is 5.26 Å². The Morgan fingerprint density at radius 3 is 2.11 bits per heavy atom. The van der Waals surface area contributed by atoms with Gasteiger partial charge < -0.3 is 14.2 Å². The Labute approximate surface area is 108 Å². The van der Waals surface area contributed by atoms with Crippen LogP contribution in [-0.4, -0.2) is 27.6 Å². The molecular weight excluding hydrogens is 230 g/mol. The number of methoxy groups -OCH3 is 3. The summed E-state index contributed by atoms with van der Waals surface area (Å²) in [7, 11) is 4.80. The average Bonchev–Trinajstić information content (AvgIpc) is 2.43. The number of hydrogen-bond donors (Lipinski definition) is 0. The number of aryl methyl sites for hydroxylation is 1. The van der Waals surface area contributed by atoms with Gasteiger partial charge in [0.15, 0.2) is 12.4 Å². The lowest BCUT2D eigenvalue weighted by Crippen LogP contribution is -2.13. The van der Waals surface area contributed by atoms with Gasteiger partial charge in [0, 0.05) is 27.8 Å². The molecule has 0 N–H and O–H groups in total. The molecule has 0 fully saturated rings. The molecule has 0 aliphatic rings. The van der Waals surface area contributed by atoms with Crippen LogP contribution in [0.15, 0.2) is 24.3 Å². The van der Waals surface area contributed by atoms with Crippen molar-refractivity contribution in [3.63, 3.8) is 0 Å². The largest absolute Gasteiger partial charge is 0.362 e. The van der Waals surface area contributed by atoms with Crippen LogP contribution in [0.4, 0.5) is 0 Å². The molecule has 0 amide bonds. The zero-order chi connectivity index (χ0) is 13.4. The second-order valence-corrected chi connectivity index (χ2v) is 3.93. The van der Waals surface area contributed by atoms with Gasteiger partial charge in [0.25, 0.3) is 0 Å². The first kappa shape index (κ1) is 14.7. The van der Waals surface area contributed by atoms with E-state index in [1.165, 1.54) is 12.7 Å². The zero-order valence-electron chi connectivity index (χ0n) is 11.1. The van der Waals surface area contributed by atoms with Crippen LogP contribution in [-0.2, 0) is 20.6 Å². The van der Waals surface area contributed by atoms with E-state index in [0.29, 0.717) is 0 Å². The summed E-state index contributed by atoms with van der Waals surface area (Å²) in [5.41, 5.74) is 2.06. The SMILES string of the molecule is COC(CCc1ccc(C(C#N)OC)cc1)OC. The van der Waals surface area contributed by atoms with E-state index in [-0.39, 0.29) is 6.29 Å². The molecule has 1 aromatic carbocycles. The Morgan fingerprint density at radius 2 is 1.67 bits per heavy atom. The normalized spacial score (nSPS) is 12.4. The molecule has 1 unspecified atom stereocenters. The second-order valence-electron chi connectivity index (χ2n) is 3.93. The van der Waals surface area contributed by atoms with Gasteiger partial charge in [-0.2, -0.15) is 5.26 Å². The lowest BCUT2D eigenvalue weighted by atomic mass is 10.0. The highest BCUT2D eigenvalue weighted by atomic mass is 16.7. The van der Waals surface area contributed by atoms with Gasteiger partial charge in [0.1, 0.15) is 0 Å². The molecule has 18 heavy (non-hydrogen) atoms. The van der Waals surface area contributed by atoms with Gasteiger partial charge in [0.05, 0.1) is 6.07 Å². The molecule has 0 aliphatic carbocycles. The summed E-state index contributed by atoms with van der Waals surface area (Å²) in [4.78, 5) is 0. The number of nitriles is 1. The standard InChI is InChI=1S/C14H19NO3/c1-16-13(10-15)12-7-4-11(5-8-12)6-9-14(17-2)18-3/h4-5,7-8,13-14H,6,9H2,1-3H3. The van der Waals surface area contributed by atoms with E-state index in [2.05, 4.69) is 6.07 Å². The van der Waals surface area contributed by atoms with Crippen molar-refractivity contribution in [1.82, 2.24) is 0 Å². The Balaban J connectivity index is 2.58. The monoisotopic (exact) mass is 249 g/mol. The third kappa shape index (κ3) is 4.11. The minimum absolute atomic E-state index is 0.171. The summed E-state index contributed by atoms with van der Waals surface area (Å²) in [5.74, 6) is 0. The number of ether oxygens (including phenoxy) is 3. The summed E-state index contributed by atoms with van der Waals surface area (Å²) >= 11 is 0. The minimum Gasteiger partial charge on any atom is -0.362 e. The van der Waals surface area contributed by atoms with Gasteiger partial charge in [-0.05, 0) is 17.5 Å². The number of nitrogens with zero attached hydrogens (tertiary/aromatic N) is 1. The molecule has 0 saturated heterocycles. The van der Waals surface area contributed by atoms with Crippen molar-refractivity contribution in [2.75, 3.05) is 21.3 Å². The van der Waals surface area contributed by atoms with Crippen molar-refractivity contribution in [3.05, 3.63) is 35.4 Å². The molecule has 0 aliphatic heterocycles. The van der Waals surface area contributed by atoms with E-state index >= 15 is 0 Å². The van der Waals surface area contributed by atoms with Crippen molar-refractivity contribution < 1.29 is 14.2 Å². The molecule has 0 heterocycles. The van der Waals surface area contributed by atoms with Crippen LogP contribution in [0.5, 0.6) is 0 Å². The predicted octanol–water partition coefficient (Wildman–Crippen LogP) is 2.45. The van der Waals surface area contributed by atoms with Crippen molar-refractivity contribution in [3.8, 4) is 6.07 Å². The fourth-order valence-corrected chi connectivity index (χ4v) is 1.74. The van der Waals surface area contributed by atoms with E-state index < -0.39 is 6.10 Å². The van der Waals surface area contributed by atoms with Gasteiger partial charge >= 0.3 is 0 Å². The topological polar surface area (TPSA) is 51.5 Å². The molecule has 4 heteroatoms. The highest BCUT2D eigenvalue weighted by molar-refractivity contribution is 5.27. The molecule has 0 saturated carbocycles. The van der Waals surface area contributed by atoms with Crippen LogP contribution < -0.4 is 0 Å². The molecule has 0 radical (unpaired) electrons. The van der Waals surface area contributed by atoms with Crippen LogP contribution in [0.25, 0.3) is 0 Å². The summed E-state index contributed by atoms with van der Waals surface area (Å²) in [6.07, 6.45) is 1.01. The van der Waals surface area contributed by atoms with E-state index in [9.17, 15) is 0 Å². The summed E-state index contributed by atoms with van der Waals surface area (Å²) in [6, 6.07) is 9.93. The molecule has 1 rings (SSSR count). The van der Waals surface area contributed by atoms with Crippen molar-refractivity contribution in [2.45, 2.75) is 25.2 Å². The second kappa shape index (κ2) is 7.83. The summed E-state index contributed by atoms with van der Waals surface area (Å²) < 4.78 is 15.3. The molecule has 4 nitrogen and oxygen atoms in total. The molecule has 0 bridgehead atoms. The molecule has 98 valence electrons. The zero-order valence-corrected chi connectivity index (χ0v) is 11.1. The molecule has 0 aromatic heterocycles. The van der Waals surface area contributed by atoms with E-state index in [1.54, 1.807) is 14.2 Å². The highest BCUT2D eigenvalue weighted by Gasteiger charge is 2.09. The Hall–Kier alpha value is -1.41. The van der Waals surface area contributed by atoms with E-state index in [1.807, 2.05) is 24.3 Å². The summed E-state index contributed by atoms with van der Waals surface area (Å²) in [5, 5.41) is 8.88. The minimum atomic E-state index is -0.496. The van der Waals surface area contributed by atoms with Gasteiger partial charge in [-0.1, -0.05) is 24.3 Å². The van der Waals surface area contributed by atoms with E-state index in [4.69, 9.17) is 19.5 Å². The maximum atomic E-state index is 8.88. The number of benzene rings is 1. The predicted molar refractivity (Wildman–Crippen MR) is 67.9 cm³/mol. The maximum absolute atomic E-state index is 8.88. The van der Waals surface area contributed by atoms with Gasteiger partial charge in [-0.3, -0.25) is 0 Å². The Morgan fingerprint density at radius 1 is 1.06 bits per heavy atom. The molecule has 1 aromatic rings. The first-order chi connectivity index (χ1) is 8.74. The van der Waals surface area contributed by atoms with Crippen molar-refractivity contribution >= 4 is 0 Å². The van der Waals surface area contributed by atoms with Crippen molar-refractivity contribution in [2.24, 2.45) is 0 Å². The molecule has 0 spiro atoms. The van der Waals surface area contributed by atoms with Gasteiger partial charge in [-0.15, -0.1) is 0 Å². The van der Waals surface area contributed by atoms with Crippen LogP contribution >= 0.6 is 0 Å². The quantitative estimate of drug-likeness (QED) is 0.696. The lowest BCUT2D eigenvalue weighted by molar-refractivity contribution is -0.105. The fourth-order valence-electron chi connectivity index (χ4n) is 1.74. The first-order valence-electron chi connectivity index (χ1n) is 5.82. The fraction of sp³-hybridized carbons (Fsp3) is 0.500. The third-order valence-corrected chi connectivity index (χ3v) is 2.83. The van der Waals surface area contributed by atoms with E-state index in [0.717, 1.165) is 18.4 Å². The number of hydrogen-bond acceptors (Lipinski definition) is 4. The Kier molecular flexibility index (Phi) is 6.37. The third-order valence-electron chi connectivity index (χ3n) is 2.83. The van der Waals surface area contributed by atoms with Crippen LogP contribution in [0.1, 0.15) is 23.7 Å². The van der Waals surface area contributed by atoms with Crippen LogP contribution in [0.2, 0.25) is 0 Å². The smallest absolute Gasteiger partial charge is 0.168 e. The molecule has 1 atom stereocenters. The maximum Gasteiger partial charge on any atom is 0.168 e. The van der Waals surface area contributed by atoms with Crippen LogP contribution in [0.3, 0.4) is 0 Å². The van der Waals surface area contributed by atoms with Gasteiger partial charge in [-0.25, -0.2) is 0 Å². The van der Waals surface area contributed by atoms with Crippen LogP contribution in [0, 0.1) is 11.3 Å². The lowest BCUT2D eigenvalue weighted by Gasteiger charge is -2.13. The first-order valence-corrected chi connectivity index (χ1v) is 5.82.